The van der Waals surface area contributed by atoms with Crippen LogP contribution >= 0.6 is 12.2 Å². The molecule has 6 heteroatoms. The molecule has 0 fully saturated rings. The maximum atomic E-state index is 12.4. The van der Waals surface area contributed by atoms with Gasteiger partial charge in [0.15, 0.2) is 10.6 Å². The van der Waals surface area contributed by atoms with Crippen molar-refractivity contribution < 1.29 is 4.79 Å². The highest BCUT2D eigenvalue weighted by Gasteiger charge is 2.11. The summed E-state index contributed by atoms with van der Waals surface area (Å²) in [5.74, 6) is 0.700. The van der Waals surface area contributed by atoms with Crippen LogP contribution in [0.15, 0.2) is 42.5 Å². The molecule has 1 amide bonds. The van der Waals surface area contributed by atoms with Crippen LogP contribution in [0.5, 0.6) is 0 Å². The lowest BCUT2D eigenvalue weighted by Gasteiger charge is -2.11. The molecule has 1 aromatic heterocycles. The molecule has 0 saturated heterocycles. The lowest BCUT2D eigenvalue weighted by atomic mass is 10.1. The van der Waals surface area contributed by atoms with E-state index in [4.69, 9.17) is 12.2 Å². The van der Waals surface area contributed by atoms with Gasteiger partial charge in [-0.1, -0.05) is 42.0 Å². The van der Waals surface area contributed by atoms with E-state index in [0.29, 0.717) is 17.7 Å². The van der Waals surface area contributed by atoms with Gasteiger partial charge in [0.25, 0.3) is 0 Å². The maximum absolute atomic E-state index is 12.4. The second-order valence-electron chi connectivity index (χ2n) is 6.42. The SMILES string of the molecule is Cc1ccc(-c2n[nH]c(=S)n2CCC(=O)Nc2cccc(C)c2C)cc1. The van der Waals surface area contributed by atoms with Crippen molar-refractivity contribution >= 4 is 23.8 Å². The van der Waals surface area contributed by atoms with Crippen molar-refractivity contribution in [1.29, 1.82) is 0 Å². The van der Waals surface area contributed by atoms with Gasteiger partial charge in [-0.05, 0) is 50.2 Å². The van der Waals surface area contributed by atoms with E-state index in [-0.39, 0.29) is 5.91 Å². The number of aromatic amines is 1. The summed E-state index contributed by atoms with van der Waals surface area (Å²) >= 11 is 5.33. The van der Waals surface area contributed by atoms with Crippen LogP contribution in [0, 0.1) is 25.5 Å². The number of H-pyrrole nitrogens is 1. The molecule has 0 radical (unpaired) electrons. The predicted molar refractivity (Wildman–Crippen MR) is 107 cm³/mol. The topological polar surface area (TPSA) is 62.7 Å². The molecule has 134 valence electrons. The van der Waals surface area contributed by atoms with Crippen molar-refractivity contribution in [2.24, 2.45) is 0 Å². The summed E-state index contributed by atoms with van der Waals surface area (Å²) in [6.07, 6.45) is 0.320. The molecule has 1 heterocycles. The number of carbonyl (C=O) groups is 1. The van der Waals surface area contributed by atoms with Crippen molar-refractivity contribution in [1.82, 2.24) is 14.8 Å². The highest BCUT2D eigenvalue weighted by molar-refractivity contribution is 7.71. The third-order valence-electron chi connectivity index (χ3n) is 4.51. The molecule has 2 N–H and O–H groups in total. The van der Waals surface area contributed by atoms with Gasteiger partial charge in [0.2, 0.25) is 5.91 Å². The van der Waals surface area contributed by atoms with E-state index in [1.54, 1.807) is 0 Å². The molecular formula is C20H22N4OS. The zero-order chi connectivity index (χ0) is 18.7. The van der Waals surface area contributed by atoms with Crippen molar-refractivity contribution in [2.75, 3.05) is 5.32 Å². The van der Waals surface area contributed by atoms with Crippen LogP contribution in [0.2, 0.25) is 0 Å². The minimum absolute atomic E-state index is 0.0448. The summed E-state index contributed by atoms with van der Waals surface area (Å²) in [5, 5.41) is 10.1. The fourth-order valence-corrected chi connectivity index (χ4v) is 2.98. The standard InChI is InChI=1S/C20H22N4OS/c1-13-7-9-16(10-8-13)19-22-23-20(26)24(19)12-11-18(25)21-17-6-4-5-14(2)15(17)3/h4-10H,11-12H2,1-3H3,(H,21,25)(H,23,26). The monoisotopic (exact) mass is 366 g/mol. The summed E-state index contributed by atoms with van der Waals surface area (Å²) in [4.78, 5) is 12.4. The minimum Gasteiger partial charge on any atom is -0.326 e. The van der Waals surface area contributed by atoms with Gasteiger partial charge in [-0.3, -0.25) is 14.5 Å². The van der Waals surface area contributed by atoms with Gasteiger partial charge < -0.3 is 5.32 Å². The summed E-state index contributed by atoms with van der Waals surface area (Å²) in [6, 6.07) is 14.0. The number of nitrogens with zero attached hydrogens (tertiary/aromatic N) is 2. The normalized spacial score (nSPS) is 10.7. The molecule has 0 bridgehead atoms. The Balaban J connectivity index is 1.73. The average Bonchev–Trinajstić information content (AvgIpc) is 2.98. The van der Waals surface area contributed by atoms with E-state index in [1.807, 2.05) is 67.8 Å². The quantitative estimate of drug-likeness (QED) is 0.651. The molecule has 0 aliphatic heterocycles. The van der Waals surface area contributed by atoms with Gasteiger partial charge in [-0.15, -0.1) is 0 Å². The van der Waals surface area contributed by atoms with Gasteiger partial charge in [0.1, 0.15) is 0 Å². The van der Waals surface area contributed by atoms with Crippen LogP contribution in [0.4, 0.5) is 5.69 Å². The highest BCUT2D eigenvalue weighted by Crippen LogP contribution is 2.20. The number of aryl methyl sites for hydroxylation is 2. The Hall–Kier alpha value is -2.73. The fraction of sp³-hybridized carbons (Fsp3) is 0.250. The molecule has 0 atom stereocenters. The summed E-state index contributed by atoms with van der Waals surface area (Å²) in [5.41, 5.74) is 5.24. The highest BCUT2D eigenvalue weighted by atomic mass is 32.1. The zero-order valence-electron chi connectivity index (χ0n) is 15.2. The van der Waals surface area contributed by atoms with Crippen LogP contribution in [0.3, 0.4) is 0 Å². The Morgan fingerprint density at radius 3 is 2.62 bits per heavy atom. The molecule has 0 unspecified atom stereocenters. The molecule has 0 aliphatic carbocycles. The minimum atomic E-state index is -0.0448. The Morgan fingerprint density at radius 2 is 1.88 bits per heavy atom. The van der Waals surface area contributed by atoms with Gasteiger partial charge in [0.05, 0.1) is 0 Å². The first-order chi connectivity index (χ1) is 12.5. The number of hydrogen-bond donors (Lipinski definition) is 2. The summed E-state index contributed by atoms with van der Waals surface area (Å²) < 4.78 is 2.38. The van der Waals surface area contributed by atoms with E-state index >= 15 is 0 Å². The smallest absolute Gasteiger partial charge is 0.226 e. The molecular weight excluding hydrogens is 344 g/mol. The van der Waals surface area contributed by atoms with Crippen molar-refractivity contribution in [3.8, 4) is 11.4 Å². The molecule has 0 saturated carbocycles. The average molecular weight is 366 g/mol. The van der Waals surface area contributed by atoms with E-state index in [0.717, 1.165) is 28.2 Å². The predicted octanol–water partition coefficient (Wildman–Crippen LogP) is 4.56. The van der Waals surface area contributed by atoms with Crippen LogP contribution in [0.1, 0.15) is 23.1 Å². The van der Waals surface area contributed by atoms with Crippen LogP contribution < -0.4 is 5.32 Å². The van der Waals surface area contributed by atoms with Crippen molar-refractivity contribution in [3.63, 3.8) is 0 Å². The third kappa shape index (κ3) is 3.91. The molecule has 2 aromatic carbocycles. The van der Waals surface area contributed by atoms with Crippen LogP contribution in [0.25, 0.3) is 11.4 Å². The number of amides is 1. The molecule has 0 spiro atoms. The Labute approximate surface area is 158 Å². The van der Waals surface area contributed by atoms with Gasteiger partial charge in [-0.2, -0.15) is 5.10 Å². The lowest BCUT2D eigenvalue weighted by Crippen LogP contribution is -2.16. The van der Waals surface area contributed by atoms with Gasteiger partial charge >= 0.3 is 0 Å². The van der Waals surface area contributed by atoms with Gasteiger partial charge in [-0.25, -0.2) is 0 Å². The van der Waals surface area contributed by atoms with Crippen molar-refractivity contribution in [3.05, 3.63) is 63.9 Å². The molecule has 0 aliphatic rings. The molecule has 5 nitrogen and oxygen atoms in total. The van der Waals surface area contributed by atoms with E-state index in [1.165, 1.54) is 5.56 Å². The third-order valence-corrected chi connectivity index (χ3v) is 4.82. The number of anilines is 1. The van der Waals surface area contributed by atoms with Crippen molar-refractivity contribution in [2.45, 2.75) is 33.7 Å². The first-order valence-electron chi connectivity index (χ1n) is 8.54. The van der Waals surface area contributed by atoms with E-state index in [9.17, 15) is 4.79 Å². The number of aromatic nitrogens is 3. The van der Waals surface area contributed by atoms with E-state index < -0.39 is 0 Å². The summed E-state index contributed by atoms with van der Waals surface area (Å²) in [7, 11) is 0. The Bertz CT molecular complexity index is 986. The van der Waals surface area contributed by atoms with Crippen LogP contribution in [-0.2, 0) is 11.3 Å². The lowest BCUT2D eigenvalue weighted by molar-refractivity contribution is -0.116. The second kappa shape index (κ2) is 7.66. The Morgan fingerprint density at radius 1 is 1.15 bits per heavy atom. The van der Waals surface area contributed by atoms with E-state index in [2.05, 4.69) is 15.5 Å². The molecule has 3 rings (SSSR count). The number of benzene rings is 2. The number of nitrogens with one attached hydrogen (secondary N) is 2. The zero-order valence-corrected chi connectivity index (χ0v) is 16.0. The second-order valence-corrected chi connectivity index (χ2v) is 6.80. The number of rotatable bonds is 5. The molecule has 3 aromatic rings. The largest absolute Gasteiger partial charge is 0.326 e. The number of hydrogen-bond acceptors (Lipinski definition) is 3. The first-order valence-corrected chi connectivity index (χ1v) is 8.95. The Kier molecular flexibility index (Phi) is 5.32. The molecule has 26 heavy (non-hydrogen) atoms. The maximum Gasteiger partial charge on any atom is 0.226 e. The van der Waals surface area contributed by atoms with Gasteiger partial charge in [0, 0.05) is 24.2 Å². The number of carbonyl (C=O) groups excluding carboxylic acids is 1. The fourth-order valence-electron chi connectivity index (χ4n) is 2.76. The summed E-state index contributed by atoms with van der Waals surface area (Å²) in [6.45, 7) is 6.55. The van der Waals surface area contributed by atoms with Crippen LogP contribution in [-0.4, -0.2) is 20.7 Å². The first kappa shape index (κ1) is 18.1.